The topological polar surface area (TPSA) is 55.4 Å². The maximum Gasteiger partial charge on any atom is 0.411 e. The van der Waals surface area contributed by atoms with E-state index in [1.807, 2.05) is 12.2 Å². The van der Waals surface area contributed by atoms with Crippen molar-refractivity contribution in [1.29, 1.82) is 0 Å². The number of alkyl carbamates (subject to hydrolysis) is 1. The fourth-order valence-electron chi connectivity index (χ4n) is 1.88. The summed E-state index contributed by atoms with van der Waals surface area (Å²) >= 11 is 5.01. The molecule has 0 bridgehead atoms. The largest absolute Gasteiger partial charge is 0.444 e. The lowest BCUT2D eigenvalue weighted by Gasteiger charge is -2.14. The van der Waals surface area contributed by atoms with E-state index >= 15 is 0 Å². The number of halogens is 3. The van der Waals surface area contributed by atoms with Gasteiger partial charge in [-0.2, -0.15) is 8.78 Å². The Hall–Kier alpha value is -2.25. The molecule has 0 spiro atoms. The molecule has 0 saturated carbocycles. The third-order valence-corrected chi connectivity index (χ3v) is 4.62. The summed E-state index contributed by atoms with van der Waals surface area (Å²) in [5.41, 5.74) is 0.616. The number of rotatable bonds is 6. The Morgan fingerprint density at radius 3 is 2.38 bits per heavy atom. The summed E-state index contributed by atoms with van der Waals surface area (Å²) in [6, 6.07) is 15.2. The van der Waals surface area contributed by atoms with Gasteiger partial charge in [0.2, 0.25) is 0 Å². The van der Waals surface area contributed by atoms with E-state index in [4.69, 9.17) is 16.3 Å². The van der Waals surface area contributed by atoms with Crippen LogP contribution in [0.15, 0.2) is 70.6 Å². The summed E-state index contributed by atoms with van der Waals surface area (Å²) in [5, 5.41) is -1.35. The number of benzene rings is 2. The van der Waals surface area contributed by atoms with Gasteiger partial charge in [0.05, 0.1) is 10.8 Å². The van der Waals surface area contributed by atoms with Gasteiger partial charge in [0.25, 0.3) is 0 Å². The van der Waals surface area contributed by atoms with Gasteiger partial charge in [0.1, 0.15) is 12.3 Å². The van der Waals surface area contributed by atoms with Crippen LogP contribution < -0.4 is 5.32 Å². The second-order valence-electron chi connectivity index (χ2n) is 5.33. The van der Waals surface area contributed by atoms with Crippen LogP contribution >= 0.6 is 11.6 Å². The Bertz CT molecular complexity index is 805. The maximum atomic E-state index is 13.5. The molecule has 0 aliphatic carbocycles. The molecule has 0 unspecified atom stereocenters. The number of nitrogens with one attached hydrogen (secondary N) is 1. The van der Waals surface area contributed by atoms with E-state index in [-0.39, 0.29) is 6.61 Å². The molecule has 0 aromatic heterocycles. The molecule has 0 aliphatic heterocycles. The molecule has 1 atom stereocenters. The first-order valence-electron chi connectivity index (χ1n) is 7.49. The minimum absolute atomic E-state index is 0.102. The van der Waals surface area contributed by atoms with Gasteiger partial charge in [-0.25, -0.2) is 9.00 Å². The van der Waals surface area contributed by atoms with E-state index in [1.54, 1.807) is 54.6 Å². The summed E-state index contributed by atoms with van der Waals surface area (Å²) in [4.78, 5) is 12.1. The predicted molar refractivity (Wildman–Crippen MR) is 96.2 cm³/mol. The number of carbonyl (C=O) groups excluding carboxylic acids is 1. The van der Waals surface area contributed by atoms with Crippen molar-refractivity contribution in [3.05, 3.63) is 76.8 Å². The highest BCUT2D eigenvalue weighted by Gasteiger charge is 2.33. The molecule has 1 amide bonds. The lowest BCUT2D eigenvalue weighted by molar-refractivity contribution is 0.113. The van der Waals surface area contributed by atoms with Gasteiger partial charge in [-0.05, 0) is 36.2 Å². The van der Waals surface area contributed by atoms with Crippen molar-refractivity contribution in [2.24, 2.45) is 0 Å². The third kappa shape index (κ3) is 6.24. The summed E-state index contributed by atoms with van der Waals surface area (Å²) in [6.45, 7) is 1.74. The quantitative estimate of drug-likeness (QED) is 0.716. The number of aryl methyl sites for hydroxylation is 1. The lowest BCUT2D eigenvalue weighted by atomic mass is 10.2. The van der Waals surface area contributed by atoms with Crippen LogP contribution in [0.1, 0.15) is 11.1 Å². The molecule has 26 heavy (non-hydrogen) atoms. The molecule has 1 N–H and O–H groups in total. The first-order chi connectivity index (χ1) is 12.3. The van der Waals surface area contributed by atoms with Crippen LogP contribution in [0.3, 0.4) is 0 Å². The van der Waals surface area contributed by atoms with Crippen molar-refractivity contribution in [2.75, 3.05) is 0 Å². The second-order valence-corrected chi connectivity index (χ2v) is 7.10. The van der Waals surface area contributed by atoms with E-state index in [1.165, 1.54) is 0 Å². The van der Waals surface area contributed by atoms with Crippen molar-refractivity contribution in [3.8, 4) is 0 Å². The van der Waals surface area contributed by atoms with Crippen LogP contribution in [0.4, 0.5) is 13.6 Å². The number of alkyl halides is 3. The Labute approximate surface area is 157 Å². The average Bonchev–Trinajstić information content (AvgIpc) is 2.60. The number of amides is 1. The first-order valence-corrected chi connectivity index (χ1v) is 9.09. The minimum atomic E-state index is -3.91. The molecule has 2 aromatic rings. The van der Waals surface area contributed by atoms with Crippen molar-refractivity contribution in [3.63, 3.8) is 0 Å². The molecule has 0 radical (unpaired) electrons. The Morgan fingerprint density at radius 1 is 1.19 bits per heavy atom. The van der Waals surface area contributed by atoms with Crippen LogP contribution in [-0.2, 0) is 22.1 Å². The normalized spacial score (nSPS) is 13.2. The first kappa shape index (κ1) is 20.1. The van der Waals surface area contributed by atoms with Crippen LogP contribution in [0.2, 0.25) is 0 Å². The van der Waals surface area contributed by atoms with Crippen molar-refractivity contribution in [1.82, 2.24) is 5.32 Å². The molecule has 0 heterocycles. The molecule has 0 aliphatic rings. The van der Waals surface area contributed by atoms with Gasteiger partial charge in [-0.1, -0.05) is 48.0 Å². The van der Waals surface area contributed by atoms with Crippen LogP contribution in [-0.4, -0.2) is 15.7 Å². The van der Waals surface area contributed by atoms with Crippen LogP contribution in [0.5, 0.6) is 0 Å². The molecule has 2 aromatic carbocycles. The number of hydrogen-bond acceptors (Lipinski definition) is 3. The summed E-state index contributed by atoms with van der Waals surface area (Å²) < 4.78 is 44.2. The van der Waals surface area contributed by atoms with E-state index in [2.05, 4.69) is 0 Å². The fourth-order valence-corrected chi connectivity index (χ4v) is 3.01. The Morgan fingerprint density at radius 2 is 1.81 bits per heavy atom. The average molecular weight is 400 g/mol. The Kier molecular flexibility index (Phi) is 6.88. The standard InChI is InChI=1S/C18H16ClF2NO3S/c1-13-7-9-15(10-8-13)26(24)12-16(18(19,20)21)22-17(23)25-11-14-5-3-2-4-6-14/h2-10,12H,11H2,1H3,(H,22,23)/b16-12-/t26-/m1/s1. The molecule has 138 valence electrons. The molecule has 4 nitrogen and oxygen atoms in total. The van der Waals surface area contributed by atoms with Crippen molar-refractivity contribution in [2.45, 2.75) is 23.8 Å². The highest BCUT2D eigenvalue weighted by atomic mass is 35.5. The van der Waals surface area contributed by atoms with E-state index in [9.17, 15) is 17.8 Å². The second kappa shape index (κ2) is 8.91. The number of hydrogen-bond donors (Lipinski definition) is 1. The number of ether oxygens (including phenoxy) is 1. The molecular weight excluding hydrogens is 384 g/mol. The van der Waals surface area contributed by atoms with Gasteiger partial charge in [0.15, 0.2) is 0 Å². The van der Waals surface area contributed by atoms with Gasteiger partial charge >= 0.3 is 11.5 Å². The molecular formula is C18H16ClF2NO3S. The van der Waals surface area contributed by atoms with Crippen LogP contribution in [0, 0.1) is 6.92 Å². The summed E-state index contributed by atoms with van der Waals surface area (Å²) in [6.07, 6.45) is -1.12. The van der Waals surface area contributed by atoms with Crippen LogP contribution in [0.25, 0.3) is 0 Å². The zero-order chi connectivity index (χ0) is 19.2. The minimum Gasteiger partial charge on any atom is -0.444 e. The highest BCUT2D eigenvalue weighted by Crippen LogP contribution is 2.28. The van der Waals surface area contributed by atoms with Crippen molar-refractivity contribution < 1.29 is 22.5 Å². The van der Waals surface area contributed by atoms with Crippen molar-refractivity contribution >= 4 is 28.5 Å². The Balaban J connectivity index is 2.08. The predicted octanol–water partition coefficient (Wildman–Crippen LogP) is 4.70. The molecule has 8 heteroatoms. The maximum absolute atomic E-state index is 13.5. The van der Waals surface area contributed by atoms with E-state index in [0.717, 1.165) is 5.56 Å². The number of allylic oxidation sites excluding steroid dienone is 1. The summed E-state index contributed by atoms with van der Waals surface area (Å²) in [5.74, 6) is 0. The smallest absolute Gasteiger partial charge is 0.411 e. The lowest BCUT2D eigenvalue weighted by Crippen LogP contribution is -2.31. The zero-order valence-electron chi connectivity index (χ0n) is 13.7. The molecule has 0 fully saturated rings. The van der Waals surface area contributed by atoms with E-state index < -0.39 is 28.0 Å². The molecule has 0 saturated heterocycles. The summed E-state index contributed by atoms with van der Waals surface area (Å²) in [7, 11) is -1.92. The third-order valence-electron chi connectivity index (χ3n) is 3.23. The molecule has 2 rings (SSSR count). The monoisotopic (exact) mass is 399 g/mol. The number of carbonyl (C=O) groups is 1. The highest BCUT2D eigenvalue weighted by molar-refractivity contribution is 7.88. The fraction of sp³-hybridized carbons (Fsp3) is 0.167. The van der Waals surface area contributed by atoms with Gasteiger partial charge in [0, 0.05) is 10.3 Å². The van der Waals surface area contributed by atoms with E-state index in [0.29, 0.717) is 15.9 Å². The zero-order valence-corrected chi connectivity index (χ0v) is 15.3. The van der Waals surface area contributed by atoms with Gasteiger partial charge < -0.3 is 4.74 Å². The SMILES string of the molecule is Cc1ccc([S@](=O)/C=C(\NC(=O)OCc2ccccc2)C(F)(F)Cl)cc1. The van der Waals surface area contributed by atoms with Gasteiger partial charge in [-0.15, -0.1) is 0 Å². The van der Waals surface area contributed by atoms with Gasteiger partial charge in [-0.3, -0.25) is 5.32 Å².